The van der Waals surface area contributed by atoms with Gasteiger partial charge in [0, 0.05) is 90.1 Å². The number of fused-ring (bicyclic) bond motifs is 22. The second-order valence-electron chi connectivity index (χ2n) is 28.6. The Hall–Kier alpha value is -13.0. The summed E-state index contributed by atoms with van der Waals surface area (Å²) in [5.74, 6) is 1.63. The second kappa shape index (κ2) is 21.7. The van der Waals surface area contributed by atoms with Crippen LogP contribution >= 0.6 is 0 Å². The van der Waals surface area contributed by atoms with Gasteiger partial charge >= 0.3 is 0 Å². The molecular formula is C94H64N8. The van der Waals surface area contributed by atoms with Crippen LogP contribution in [0.1, 0.15) is 49.9 Å². The van der Waals surface area contributed by atoms with Crippen molar-refractivity contribution in [1.82, 2.24) is 38.2 Å². The maximum atomic E-state index is 4.64. The van der Waals surface area contributed by atoms with Gasteiger partial charge in [0.15, 0.2) is 11.6 Å². The Kier molecular flexibility index (Phi) is 12.4. The molecule has 0 bridgehead atoms. The van der Waals surface area contributed by atoms with Gasteiger partial charge in [-0.05, 0) is 185 Å². The zero-order valence-corrected chi connectivity index (χ0v) is 56.6. The van der Waals surface area contributed by atoms with Crippen LogP contribution in [0.2, 0.25) is 0 Å². The lowest BCUT2D eigenvalue weighted by atomic mass is 9.82. The van der Waals surface area contributed by atoms with Crippen molar-refractivity contribution in [2.75, 3.05) is 0 Å². The zero-order chi connectivity index (χ0) is 67.7. The Morgan fingerprint density at radius 1 is 0.245 bits per heavy atom. The summed E-state index contributed by atoms with van der Waals surface area (Å²) in [6.07, 6.45) is 10.6. The summed E-state index contributed by atoms with van der Waals surface area (Å²) in [5.41, 5.74) is 27.3. The highest BCUT2D eigenvalue weighted by atomic mass is 15.1. The molecule has 0 radical (unpaired) electrons. The highest BCUT2D eigenvalue weighted by molar-refractivity contribution is 6.16. The monoisotopic (exact) mass is 1300 g/mol. The van der Waals surface area contributed by atoms with Gasteiger partial charge in [0.25, 0.3) is 0 Å². The van der Waals surface area contributed by atoms with Crippen molar-refractivity contribution in [3.63, 3.8) is 0 Å². The van der Waals surface area contributed by atoms with Gasteiger partial charge in [-0.1, -0.05) is 210 Å². The van der Waals surface area contributed by atoms with Gasteiger partial charge in [0.2, 0.25) is 0 Å². The van der Waals surface area contributed by atoms with Gasteiger partial charge in [0.05, 0.1) is 56.5 Å². The Bertz CT molecular complexity index is 6940. The van der Waals surface area contributed by atoms with Crippen LogP contribution in [0.4, 0.5) is 0 Å². The molecule has 2 aliphatic carbocycles. The van der Waals surface area contributed by atoms with Crippen LogP contribution in [0.25, 0.3) is 176 Å². The van der Waals surface area contributed by atoms with Crippen molar-refractivity contribution in [1.29, 1.82) is 0 Å². The minimum absolute atomic E-state index is 0.0646. The fourth-order valence-corrected chi connectivity index (χ4v) is 17.8. The van der Waals surface area contributed by atoms with Crippen LogP contribution in [-0.4, -0.2) is 38.2 Å². The third kappa shape index (κ3) is 8.38. The number of nitrogens with zero attached hydrogens (tertiary/aromatic N) is 8. The first-order chi connectivity index (χ1) is 50.1. The average Bonchev–Trinajstić information content (AvgIpc) is 1.56. The first kappa shape index (κ1) is 58.0. The lowest BCUT2D eigenvalue weighted by Gasteiger charge is -2.22. The Labute approximate surface area is 588 Å². The predicted octanol–water partition coefficient (Wildman–Crippen LogP) is 23.6. The molecular weight excluding hydrogens is 1240 g/mol. The van der Waals surface area contributed by atoms with E-state index in [0.29, 0.717) is 0 Å². The summed E-state index contributed by atoms with van der Waals surface area (Å²) in [6.45, 7) is 9.46. The lowest BCUT2D eigenvalue weighted by molar-refractivity contribution is 0.660. The molecule has 0 saturated carbocycles. The number of rotatable bonds is 6. The van der Waals surface area contributed by atoms with E-state index < -0.39 is 0 Å². The van der Waals surface area contributed by atoms with E-state index in [-0.39, 0.29) is 10.8 Å². The van der Waals surface area contributed by atoms with Crippen LogP contribution in [-0.2, 0) is 10.8 Å². The molecule has 0 fully saturated rings. The summed E-state index contributed by atoms with van der Waals surface area (Å²) in [6, 6.07) is 103. The molecule has 0 N–H and O–H groups in total. The van der Waals surface area contributed by atoms with Gasteiger partial charge in [-0.25, -0.2) is 9.97 Å². The smallest absolute Gasteiger partial charge is 0.156 e. The van der Waals surface area contributed by atoms with E-state index in [9.17, 15) is 0 Å². The van der Waals surface area contributed by atoms with Gasteiger partial charge in [-0.3, -0.25) is 19.1 Å². The molecule has 0 saturated heterocycles. The van der Waals surface area contributed by atoms with Gasteiger partial charge in [-0.2, -0.15) is 0 Å². The van der Waals surface area contributed by atoms with Crippen LogP contribution in [0, 0.1) is 0 Å². The first-order valence-electron chi connectivity index (χ1n) is 35.1. The molecule has 6 heterocycles. The molecule has 102 heavy (non-hydrogen) atoms. The summed E-state index contributed by atoms with van der Waals surface area (Å²) >= 11 is 0. The van der Waals surface area contributed by atoms with Crippen molar-refractivity contribution < 1.29 is 0 Å². The molecule has 8 nitrogen and oxygen atoms in total. The predicted molar refractivity (Wildman–Crippen MR) is 422 cm³/mol. The molecule has 8 heteroatoms. The Balaban J connectivity index is 0.000000133. The van der Waals surface area contributed by atoms with Gasteiger partial charge in [-0.15, -0.1) is 0 Å². The van der Waals surface area contributed by atoms with Crippen molar-refractivity contribution in [2.45, 2.75) is 38.5 Å². The number of para-hydroxylation sites is 4. The van der Waals surface area contributed by atoms with Gasteiger partial charge in [0.1, 0.15) is 0 Å². The number of hydrogen-bond donors (Lipinski definition) is 0. The molecule has 0 aliphatic heterocycles. The van der Waals surface area contributed by atoms with E-state index in [1.165, 1.54) is 165 Å². The van der Waals surface area contributed by atoms with E-state index in [1.54, 1.807) is 24.8 Å². The van der Waals surface area contributed by atoms with E-state index in [0.717, 1.165) is 33.7 Å². The molecule has 0 spiro atoms. The standard InChI is InChI=1S/2C47H32N4/c1-47(2)39-20-15-29-9-3-4-10-33(29)46(39)36-19-18-32(27-40(36)47)50-41-13-7-5-11-34(41)37-25-30(16-21-43(37)50)31-17-22-44-38(26-31)35-12-6-8-14-42(35)51(44)45-28-48-23-24-49-45;1-47(2)39-20-18-32(27-38(39)46-33-10-4-3-9-29(33)15-19-40(46)47)50-41-13-7-5-11-34(41)36-25-30(16-21-43(36)50)31-17-22-44-37(26-31)35-12-6-8-14-42(35)51(44)45-28-48-23-24-49-45/h2*3-28H,1-2H3. The zero-order valence-electron chi connectivity index (χ0n) is 56.6. The minimum Gasteiger partial charge on any atom is -0.309 e. The third-order valence-electron chi connectivity index (χ3n) is 22.5. The largest absolute Gasteiger partial charge is 0.309 e. The Morgan fingerprint density at radius 3 is 1.02 bits per heavy atom. The summed E-state index contributed by atoms with van der Waals surface area (Å²) < 4.78 is 9.31. The van der Waals surface area contributed by atoms with E-state index in [4.69, 9.17) is 0 Å². The summed E-state index contributed by atoms with van der Waals surface area (Å²) in [7, 11) is 0. The normalized spacial score (nSPS) is 13.5. The van der Waals surface area contributed by atoms with E-state index in [2.05, 4.69) is 345 Å². The maximum Gasteiger partial charge on any atom is 0.156 e. The number of benzene rings is 14. The third-order valence-corrected chi connectivity index (χ3v) is 22.5. The topological polar surface area (TPSA) is 71.3 Å². The molecule has 22 rings (SSSR count). The highest BCUT2D eigenvalue weighted by Crippen LogP contribution is 2.54. The number of hydrogen-bond acceptors (Lipinski definition) is 4. The fourth-order valence-electron chi connectivity index (χ4n) is 17.8. The summed E-state index contributed by atoms with van der Waals surface area (Å²) in [5, 5.41) is 15.0. The first-order valence-corrected chi connectivity index (χ1v) is 35.1. The van der Waals surface area contributed by atoms with Crippen molar-refractivity contribution in [2.24, 2.45) is 0 Å². The van der Waals surface area contributed by atoms with Crippen LogP contribution in [0.3, 0.4) is 0 Å². The quantitative estimate of drug-likeness (QED) is 0.166. The molecule has 14 aromatic carbocycles. The Morgan fingerprint density at radius 2 is 0.588 bits per heavy atom. The molecule has 0 amide bonds. The number of aromatic nitrogens is 8. The molecule has 6 aromatic heterocycles. The van der Waals surface area contributed by atoms with Crippen LogP contribution in [0.15, 0.2) is 316 Å². The van der Waals surface area contributed by atoms with Crippen molar-refractivity contribution >= 4 is 109 Å². The molecule has 480 valence electrons. The van der Waals surface area contributed by atoms with Crippen molar-refractivity contribution in [3.05, 3.63) is 338 Å². The van der Waals surface area contributed by atoms with Gasteiger partial charge < -0.3 is 9.13 Å². The maximum absolute atomic E-state index is 4.64. The van der Waals surface area contributed by atoms with E-state index >= 15 is 0 Å². The SMILES string of the molecule is CC1(C)c2cc(-n3c4ccccc4c4cc(-c5ccc6c(c5)c5ccccc5n6-c5cnccn5)ccc43)ccc2-c2c1ccc1ccccc21.CC1(C)c2ccc(-n3c4ccccc4c4cc(-c5ccc6c(c5)c5ccccc5n6-c5cnccn5)ccc43)cc2-c2c1ccc1ccccc21. The summed E-state index contributed by atoms with van der Waals surface area (Å²) in [4.78, 5) is 18.0. The fraction of sp³-hybridized carbons (Fsp3) is 0.0638. The molecule has 0 unspecified atom stereocenters. The lowest BCUT2D eigenvalue weighted by Crippen LogP contribution is -2.15. The highest BCUT2D eigenvalue weighted by Gasteiger charge is 2.38. The molecule has 0 atom stereocenters. The minimum atomic E-state index is -0.106. The average molecular weight is 1310 g/mol. The van der Waals surface area contributed by atoms with E-state index in [1.807, 2.05) is 12.4 Å². The molecule has 2 aliphatic rings. The van der Waals surface area contributed by atoms with Crippen molar-refractivity contribution in [3.8, 4) is 67.5 Å². The van der Waals surface area contributed by atoms with Crippen LogP contribution < -0.4 is 0 Å². The second-order valence-corrected chi connectivity index (χ2v) is 28.6. The molecule has 20 aromatic rings. The van der Waals surface area contributed by atoms with Crippen LogP contribution in [0.5, 0.6) is 0 Å².